The Kier molecular flexibility index (Phi) is 8.22. The number of nitrogens with one attached hydrogen (secondary N) is 4. The number of nitrogens with zero attached hydrogens (tertiary/aromatic N) is 3. The Balaban J connectivity index is 1.55. The summed E-state index contributed by atoms with van der Waals surface area (Å²) in [7, 11) is 3.22. The molecule has 196 valence electrons. The van der Waals surface area contributed by atoms with Crippen molar-refractivity contribution in [1.82, 2.24) is 15.0 Å². The van der Waals surface area contributed by atoms with E-state index in [1.54, 1.807) is 21.1 Å². The van der Waals surface area contributed by atoms with Gasteiger partial charge in [-0.3, -0.25) is 4.79 Å². The predicted molar refractivity (Wildman–Crippen MR) is 150 cm³/mol. The summed E-state index contributed by atoms with van der Waals surface area (Å²) in [6, 6.07) is 20.0. The molecule has 1 aromatic heterocycles. The van der Waals surface area contributed by atoms with E-state index in [0.29, 0.717) is 11.9 Å². The summed E-state index contributed by atoms with van der Waals surface area (Å²) in [5.74, 6) is 2.08. The molecule has 10 nitrogen and oxygen atoms in total. The van der Waals surface area contributed by atoms with Crippen LogP contribution >= 0.6 is 0 Å². The molecule has 0 radical (unpaired) electrons. The van der Waals surface area contributed by atoms with Crippen molar-refractivity contribution in [3.8, 4) is 11.5 Å². The highest BCUT2D eigenvalue weighted by atomic mass is 16.5. The summed E-state index contributed by atoms with van der Waals surface area (Å²) >= 11 is 0. The lowest BCUT2D eigenvalue weighted by Gasteiger charge is -2.16. The lowest BCUT2D eigenvalue weighted by Crippen LogP contribution is -2.32. The normalized spacial score (nSPS) is 11.3. The van der Waals surface area contributed by atoms with Gasteiger partial charge in [-0.25, -0.2) is 0 Å². The van der Waals surface area contributed by atoms with E-state index in [-0.39, 0.29) is 11.9 Å². The number of hydrogen-bond acceptors (Lipinski definition) is 9. The van der Waals surface area contributed by atoms with Gasteiger partial charge < -0.3 is 30.7 Å². The molecule has 0 fully saturated rings. The van der Waals surface area contributed by atoms with Crippen molar-refractivity contribution < 1.29 is 14.3 Å². The van der Waals surface area contributed by atoms with Crippen LogP contribution in [0.4, 0.5) is 34.9 Å². The molecule has 4 N–H and O–H groups in total. The Hall–Kier alpha value is -4.86. The first kappa shape index (κ1) is 26.2. The van der Waals surface area contributed by atoms with Gasteiger partial charge in [-0.05, 0) is 92.6 Å². The molecular weight excluding hydrogens is 482 g/mol. The molecule has 38 heavy (non-hydrogen) atoms. The Morgan fingerprint density at radius 2 is 1.13 bits per heavy atom. The first-order chi connectivity index (χ1) is 18.3. The maximum absolute atomic E-state index is 12.9. The van der Waals surface area contributed by atoms with Crippen molar-refractivity contribution >= 4 is 40.8 Å². The van der Waals surface area contributed by atoms with Crippen LogP contribution in [-0.4, -0.2) is 41.1 Å². The smallest absolute Gasteiger partial charge is 0.246 e. The fourth-order valence-electron chi connectivity index (χ4n) is 3.72. The highest BCUT2D eigenvalue weighted by molar-refractivity contribution is 5.96. The Morgan fingerprint density at radius 3 is 1.58 bits per heavy atom. The molecule has 0 aliphatic heterocycles. The third-order valence-electron chi connectivity index (χ3n) is 5.56. The van der Waals surface area contributed by atoms with Gasteiger partial charge in [0.2, 0.25) is 23.8 Å². The first-order valence-electron chi connectivity index (χ1n) is 12.0. The fraction of sp³-hybridized carbons (Fsp3) is 0.214. The largest absolute Gasteiger partial charge is 0.497 e. The number of hydrogen-bond donors (Lipinski definition) is 4. The van der Waals surface area contributed by atoms with Crippen molar-refractivity contribution in [2.45, 2.75) is 26.8 Å². The molecule has 0 aliphatic carbocycles. The number of methoxy groups -OCH3 is 2. The van der Waals surface area contributed by atoms with E-state index in [9.17, 15) is 4.79 Å². The molecule has 4 aromatic rings. The summed E-state index contributed by atoms with van der Waals surface area (Å²) in [6.07, 6.45) is 0. The van der Waals surface area contributed by atoms with Crippen molar-refractivity contribution in [2.75, 3.05) is 35.5 Å². The number of anilines is 6. The molecule has 1 amide bonds. The summed E-state index contributed by atoms with van der Waals surface area (Å²) in [6.45, 7) is 5.72. The zero-order valence-electron chi connectivity index (χ0n) is 22.0. The fourth-order valence-corrected chi connectivity index (χ4v) is 3.72. The third-order valence-corrected chi connectivity index (χ3v) is 5.56. The molecule has 1 heterocycles. The average molecular weight is 514 g/mol. The van der Waals surface area contributed by atoms with Crippen LogP contribution in [0, 0.1) is 13.8 Å². The van der Waals surface area contributed by atoms with Gasteiger partial charge in [0.25, 0.3) is 0 Å². The molecule has 0 saturated heterocycles. The van der Waals surface area contributed by atoms with E-state index < -0.39 is 6.04 Å². The summed E-state index contributed by atoms with van der Waals surface area (Å²) < 4.78 is 10.5. The third kappa shape index (κ3) is 7.10. The molecule has 0 spiro atoms. The van der Waals surface area contributed by atoms with Crippen molar-refractivity contribution in [3.63, 3.8) is 0 Å². The number of amides is 1. The highest BCUT2D eigenvalue weighted by Crippen LogP contribution is 2.22. The van der Waals surface area contributed by atoms with Crippen LogP contribution in [0.15, 0.2) is 66.7 Å². The molecule has 4 rings (SSSR count). The van der Waals surface area contributed by atoms with E-state index >= 15 is 0 Å². The van der Waals surface area contributed by atoms with Crippen LogP contribution in [0.25, 0.3) is 0 Å². The van der Waals surface area contributed by atoms with Crippen LogP contribution in [0.3, 0.4) is 0 Å². The van der Waals surface area contributed by atoms with Crippen LogP contribution in [0.5, 0.6) is 11.5 Å². The van der Waals surface area contributed by atoms with Crippen LogP contribution in [0.2, 0.25) is 0 Å². The van der Waals surface area contributed by atoms with Gasteiger partial charge >= 0.3 is 0 Å². The molecule has 10 heteroatoms. The van der Waals surface area contributed by atoms with Gasteiger partial charge in [0.05, 0.1) is 14.2 Å². The molecule has 0 saturated carbocycles. The molecule has 1 atom stereocenters. The number of aromatic nitrogens is 3. The molecular formula is C28H31N7O3. The van der Waals surface area contributed by atoms with Gasteiger partial charge in [0, 0.05) is 17.1 Å². The topological polar surface area (TPSA) is 122 Å². The van der Waals surface area contributed by atoms with E-state index in [1.165, 1.54) is 0 Å². The van der Waals surface area contributed by atoms with Crippen LogP contribution < -0.4 is 30.7 Å². The first-order valence-corrected chi connectivity index (χ1v) is 12.0. The van der Waals surface area contributed by atoms with Gasteiger partial charge in [0.15, 0.2) is 0 Å². The lowest BCUT2D eigenvalue weighted by atomic mass is 10.1. The van der Waals surface area contributed by atoms with Crippen LogP contribution in [-0.2, 0) is 4.79 Å². The summed E-state index contributed by atoms with van der Waals surface area (Å²) in [5.41, 5.74) is 4.40. The van der Waals surface area contributed by atoms with E-state index in [4.69, 9.17) is 9.47 Å². The minimum absolute atomic E-state index is 0.218. The number of rotatable bonds is 10. The maximum atomic E-state index is 12.9. The minimum Gasteiger partial charge on any atom is -0.497 e. The molecule has 3 aromatic carbocycles. The van der Waals surface area contributed by atoms with Gasteiger partial charge in [-0.15, -0.1) is 0 Å². The van der Waals surface area contributed by atoms with Gasteiger partial charge in [-0.1, -0.05) is 6.07 Å². The van der Waals surface area contributed by atoms with Crippen molar-refractivity contribution in [1.29, 1.82) is 0 Å². The van der Waals surface area contributed by atoms with Gasteiger partial charge in [-0.2, -0.15) is 15.0 Å². The Bertz CT molecular complexity index is 1300. The van der Waals surface area contributed by atoms with Crippen LogP contribution in [0.1, 0.15) is 18.1 Å². The van der Waals surface area contributed by atoms with E-state index in [1.807, 2.05) is 74.5 Å². The van der Waals surface area contributed by atoms with Crippen molar-refractivity contribution in [2.24, 2.45) is 0 Å². The minimum atomic E-state index is -0.624. The SMILES string of the molecule is COc1ccc(Nc2nc(Nc3ccc(OC)cc3)nc(N[C@H](C)C(=O)Nc3cc(C)cc(C)c3)n2)cc1. The second kappa shape index (κ2) is 11.9. The number of carbonyl (C=O) groups is 1. The summed E-state index contributed by atoms with van der Waals surface area (Å²) in [5, 5.41) is 12.4. The Labute approximate surface area is 221 Å². The average Bonchev–Trinajstić information content (AvgIpc) is 2.89. The number of aryl methyl sites for hydroxylation is 2. The number of benzene rings is 3. The van der Waals surface area contributed by atoms with E-state index in [2.05, 4.69) is 42.3 Å². The second-order valence-corrected chi connectivity index (χ2v) is 8.74. The summed E-state index contributed by atoms with van der Waals surface area (Å²) in [4.78, 5) is 26.4. The predicted octanol–water partition coefficient (Wildman–Crippen LogP) is 5.43. The molecule has 0 aliphatic rings. The molecule has 0 bridgehead atoms. The monoisotopic (exact) mass is 513 g/mol. The maximum Gasteiger partial charge on any atom is 0.246 e. The van der Waals surface area contributed by atoms with Crippen molar-refractivity contribution in [3.05, 3.63) is 77.9 Å². The number of ether oxygens (including phenoxy) is 2. The zero-order valence-corrected chi connectivity index (χ0v) is 22.0. The number of carbonyl (C=O) groups excluding carboxylic acids is 1. The zero-order chi connectivity index (χ0) is 27.1. The standard InChI is InChI=1S/C28H31N7O3/c1-17-14-18(2)16-22(15-17)30-25(36)19(3)29-26-33-27(31-20-6-10-23(37-4)11-7-20)35-28(34-26)32-21-8-12-24(38-5)13-9-21/h6-16,19H,1-5H3,(H,30,36)(H3,29,31,32,33,34,35)/t19-/m1/s1. The quantitative estimate of drug-likeness (QED) is 0.220. The molecule has 0 unspecified atom stereocenters. The lowest BCUT2D eigenvalue weighted by molar-refractivity contribution is -0.116. The van der Waals surface area contributed by atoms with Gasteiger partial charge in [0.1, 0.15) is 17.5 Å². The second-order valence-electron chi connectivity index (χ2n) is 8.74. The highest BCUT2D eigenvalue weighted by Gasteiger charge is 2.16. The Morgan fingerprint density at radius 1 is 0.684 bits per heavy atom. The van der Waals surface area contributed by atoms with E-state index in [0.717, 1.165) is 39.7 Å².